The maximum absolute atomic E-state index is 12.6. The van der Waals surface area contributed by atoms with E-state index in [0.29, 0.717) is 29.4 Å². The molecule has 6 nitrogen and oxygen atoms in total. The molecular weight excluding hydrogens is 575 g/mol. The van der Waals surface area contributed by atoms with Gasteiger partial charge in [0.05, 0.1) is 10.9 Å². The molecule has 1 heterocycles. The van der Waals surface area contributed by atoms with E-state index in [-0.39, 0.29) is 23.3 Å². The van der Waals surface area contributed by atoms with Crippen LogP contribution in [-0.2, 0) is 16.4 Å². The number of nitrogens with one attached hydrogen (secondary N) is 2. The second-order valence-electron chi connectivity index (χ2n) is 8.77. The third-order valence-electron chi connectivity index (χ3n) is 5.82. The van der Waals surface area contributed by atoms with E-state index in [1.165, 1.54) is 0 Å². The average molecular weight is 602 g/mol. The summed E-state index contributed by atoms with van der Waals surface area (Å²) >= 11 is 9.43. The van der Waals surface area contributed by atoms with Crippen LogP contribution in [0.15, 0.2) is 76.1 Å². The van der Waals surface area contributed by atoms with Gasteiger partial charge in [-0.3, -0.25) is 4.72 Å². The van der Waals surface area contributed by atoms with E-state index in [4.69, 9.17) is 16.3 Å². The third-order valence-corrected chi connectivity index (χ3v) is 7.98. The molecule has 0 radical (unpaired) electrons. The fourth-order valence-corrected chi connectivity index (χ4v) is 5.41. The average Bonchev–Trinajstić information content (AvgIpc) is 2.77. The van der Waals surface area contributed by atoms with Gasteiger partial charge in [0.15, 0.2) is 0 Å². The van der Waals surface area contributed by atoms with Crippen molar-refractivity contribution in [2.75, 3.05) is 11.3 Å². The van der Waals surface area contributed by atoms with E-state index in [1.807, 2.05) is 32.0 Å². The van der Waals surface area contributed by atoms with Gasteiger partial charge in [-0.25, -0.2) is 8.42 Å². The Labute approximate surface area is 225 Å². The topological polar surface area (TPSA) is 87.7 Å². The van der Waals surface area contributed by atoms with Crippen LogP contribution in [-0.4, -0.2) is 31.8 Å². The molecular formula is C25H27BrCl2N2O4S. The van der Waals surface area contributed by atoms with Crippen molar-refractivity contribution in [1.29, 1.82) is 0 Å². The summed E-state index contributed by atoms with van der Waals surface area (Å²) in [4.78, 5) is 0.198. The molecule has 3 aromatic rings. The van der Waals surface area contributed by atoms with Crippen molar-refractivity contribution < 1.29 is 18.3 Å². The van der Waals surface area contributed by atoms with E-state index in [0.717, 1.165) is 15.6 Å². The molecule has 0 amide bonds. The highest BCUT2D eigenvalue weighted by Crippen LogP contribution is 2.40. The smallest absolute Gasteiger partial charge is 0.261 e. The zero-order chi connectivity index (χ0) is 24.5. The Morgan fingerprint density at radius 2 is 1.71 bits per heavy atom. The van der Waals surface area contributed by atoms with Crippen molar-refractivity contribution in [2.45, 2.75) is 42.9 Å². The number of sulfonamides is 1. The summed E-state index contributed by atoms with van der Waals surface area (Å²) in [6, 6.07) is 18.9. The lowest BCUT2D eigenvalue weighted by atomic mass is 9.86. The second kappa shape index (κ2) is 11.1. The summed E-state index contributed by atoms with van der Waals surface area (Å²) in [6.45, 7) is 4.32. The number of anilines is 1. The Morgan fingerprint density at radius 3 is 2.37 bits per heavy atom. The molecule has 3 N–H and O–H groups in total. The Hall–Kier alpha value is -1.81. The van der Waals surface area contributed by atoms with Crippen molar-refractivity contribution in [3.63, 3.8) is 0 Å². The Balaban J connectivity index is 0.00000342. The normalized spacial score (nSPS) is 18.7. The molecule has 4 rings (SSSR count). The highest BCUT2D eigenvalue weighted by atomic mass is 79.9. The maximum Gasteiger partial charge on any atom is 0.261 e. The van der Waals surface area contributed by atoms with Gasteiger partial charge >= 0.3 is 0 Å². The van der Waals surface area contributed by atoms with Gasteiger partial charge in [-0.2, -0.15) is 0 Å². The second-order valence-corrected chi connectivity index (χ2v) is 11.8. The van der Waals surface area contributed by atoms with Gasteiger partial charge in [0, 0.05) is 20.7 Å². The van der Waals surface area contributed by atoms with Crippen molar-refractivity contribution in [2.24, 2.45) is 0 Å². The van der Waals surface area contributed by atoms with Crippen molar-refractivity contribution >= 4 is 55.6 Å². The zero-order valence-corrected chi connectivity index (χ0v) is 23.1. The van der Waals surface area contributed by atoms with E-state index < -0.39 is 21.7 Å². The van der Waals surface area contributed by atoms with Crippen LogP contribution >= 0.6 is 39.9 Å². The molecule has 35 heavy (non-hydrogen) atoms. The zero-order valence-electron chi connectivity index (χ0n) is 19.2. The summed E-state index contributed by atoms with van der Waals surface area (Å²) in [7, 11) is -3.66. The molecule has 2 atom stereocenters. The van der Waals surface area contributed by atoms with Gasteiger partial charge in [-0.15, -0.1) is 12.4 Å². The van der Waals surface area contributed by atoms with Crippen LogP contribution in [0.25, 0.3) is 0 Å². The Morgan fingerprint density at radius 1 is 1.06 bits per heavy atom. The molecule has 1 aliphatic rings. The molecule has 0 aromatic heterocycles. The van der Waals surface area contributed by atoms with Crippen LogP contribution in [0.4, 0.5) is 5.69 Å². The lowest BCUT2D eigenvalue weighted by Crippen LogP contribution is -2.52. The van der Waals surface area contributed by atoms with Crippen LogP contribution in [0, 0.1) is 0 Å². The number of aliphatic hydroxyl groups excluding tert-OH is 1. The van der Waals surface area contributed by atoms with Crippen LogP contribution in [0.2, 0.25) is 5.02 Å². The Kier molecular flexibility index (Phi) is 8.78. The van der Waals surface area contributed by atoms with Crippen LogP contribution < -0.4 is 14.8 Å². The van der Waals surface area contributed by atoms with Gasteiger partial charge in [0.1, 0.15) is 17.5 Å². The van der Waals surface area contributed by atoms with Crippen LogP contribution in [0.1, 0.15) is 31.0 Å². The Bertz CT molecular complexity index is 1270. The van der Waals surface area contributed by atoms with E-state index in [9.17, 15) is 13.5 Å². The molecule has 2 unspecified atom stereocenters. The third kappa shape index (κ3) is 6.50. The minimum atomic E-state index is -3.66. The molecule has 10 heteroatoms. The molecule has 0 saturated carbocycles. The summed E-state index contributed by atoms with van der Waals surface area (Å²) in [5, 5.41) is 14.9. The van der Waals surface area contributed by atoms with Gasteiger partial charge in [0.2, 0.25) is 0 Å². The van der Waals surface area contributed by atoms with Crippen molar-refractivity contribution in [1.82, 2.24) is 5.32 Å². The van der Waals surface area contributed by atoms with E-state index in [2.05, 4.69) is 26.0 Å². The van der Waals surface area contributed by atoms with Crippen molar-refractivity contribution in [3.05, 3.63) is 87.4 Å². The maximum atomic E-state index is 12.6. The summed E-state index contributed by atoms with van der Waals surface area (Å²) in [5.74, 6) is 0.669. The molecule has 0 spiro atoms. The molecule has 0 fully saturated rings. The first-order valence-electron chi connectivity index (χ1n) is 10.8. The SMILES string of the molecule is CC1(C)Oc2cc(Cl)ccc2C(NCCc2ccc(NS(=O)(=O)c3ccc(Br)cc3)cc2)C1O.Cl. The summed E-state index contributed by atoms with van der Waals surface area (Å²) in [6.07, 6.45) is -0.0377. The number of fused-ring (bicyclic) bond motifs is 1. The van der Waals surface area contributed by atoms with Gasteiger partial charge in [-0.1, -0.05) is 45.7 Å². The number of halogens is 3. The first-order chi connectivity index (χ1) is 16.0. The summed E-state index contributed by atoms with van der Waals surface area (Å²) < 4.78 is 34.5. The number of rotatable bonds is 7. The first kappa shape index (κ1) is 27.8. The number of aliphatic hydroxyl groups is 1. The monoisotopic (exact) mass is 600 g/mol. The molecule has 0 bridgehead atoms. The minimum absolute atomic E-state index is 0. The quantitative estimate of drug-likeness (QED) is 0.322. The molecule has 188 valence electrons. The number of ether oxygens (including phenoxy) is 1. The number of benzene rings is 3. The molecule has 3 aromatic carbocycles. The van der Waals surface area contributed by atoms with Gasteiger partial charge in [0.25, 0.3) is 10.0 Å². The molecule has 0 saturated heterocycles. The highest BCUT2D eigenvalue weighted by molar-refractivity contribution is 9.10. The first-order valence-corrected chi connectivity index (χ1v) is 13.5. The lowest BCUT2D eigenvalue weighted by Gasteiger charge is -2.42. The summed E-state index contributed by atoms with van der Waals surface area (Å²) in [5.41, 5.74) is 1.64. The predicted octanol–water partition coefficient (Wildman–Crippen LogP) is 5.73. The van der Waals surface area contributed by atoms with Gasteiger partial charge < -0.3 is 15.2 Å². The van der Waals surface area contributed by atoms with E-state index >= 15 is 0 Å². The number of hydrogen-bond acceptors (Lipinski definition) is 5. The van der Waals surface area contributed by atoms with Crippen molar-refractivity contribution in [3.8, 4) is 5.75 Å². The van der Waals surface area contributed by atoms with E-state index in [1.54, 1.807) is 48.5 Å². The highest BCUT2D eigenvalue weighted by Gasteiger charge is 2.42. The lowest BCUT2D eigenvalue weighted by molar-refractivity contribution is -0.0643. The number of hydrogen-bond donors (Lipinski definition) is 3. The largest absolute Gasteiger partial charge is 0.485 e. The predicted molar refractivity (Wildman–Crippen MR) is 145 cm³/mol. The van der Waals surface area contributed by atoms with Crippen LogP contribution in [0.3, 0.4) is 0 Å². The minimum Gasteiger partial charge on any atom is -0.485 e. The molecule has 0 aliphatic carbocycles. The fourth-order valence-electron chi connectivity index (χ4n) is 3.93. The van der Waals surface area contributed by atoms with Crippen LogP contribution in [0.5, 0.6) is 5.75 Å². The fraction of sp³-hybridized carbons (Fsp3) is 0.280. The standard InChI is InChI=1S/C25H26BrClN2O4S.ClH/c1-25(2)24(30)23(21-12-7-18(27)15-22(21)33-25)28-14-13-16-3-8-19(9-4-16)29-34(31,32)20-10-5-17(26)6-11-20;/h3-12,15,23-24,28-30H,13-14H2,1-2H3;1H. The van der Waals surface area contributed by atoms with Gasteiger partial charge in [-0.05, 0) is 80.9 Å². The molecule has 1 aliphatic heterocycles.